The number of nitrogens with one attached hydrogen (secondary N) is 2. The number of carbonyl (C=O) groups is 2. The molecule has 6 heteroatoms. The van der Waals surface area contributed by atoms with Crippen molar-refractivity contribution in [3.8, 4) is 11.5 Å². The Morgan fingerprint density at radius 1 is 0.806 bits per heavy atom. The molecule has 160 valence electrons. The number of amides is 2. The second-order valence-corrected chi connectivity index (χ2v) is 6.95. The summed E-state index contributed by atoms with van der Waals surface area (Å²) >= 11 is 0. The van der Waals surface area contributed by atoms with Gasteiger partial charge in [-0.25, -0.2) is 0 Å². The predicted molar refractivity (Wildman–Crippen MR) is 122 cm³/mol. The van der Waals surface area contributed by atoms with Gasteiger partial charge >= 0.3 is 0 Å². The average Bonchev–Trinajstić information content (AvgIpc) is 2.76. The van der Waals surface area contributed by atoms with E-state index in [-0.39, 0.29) is 24.8 Å². The monoisotopic (exact) mass is 418 g/mol. The molecule has 0 fully saturated rings. The molecule has 0 aromatic heterocycles. The van der Waals surface area contributed by atoms with Gasteiger partial charge < -0.3 is 20.1 Å². The SMILES string of the molecule is CCOc1ccc(NC(=O)c2ccc(NC(=O)CCOc3cccc(C)c3)cc2)cc1. The molecule has 0 aliphatic carbocycles. The van der Waals surface area contributed by atoms with Crippen molar-refractivity contribution >= 4 is 23.2 Å². The molecule has 3 aromatic rings. The quantitative estimate of drug-likeness (QED) is 0.510. The molecule has 6 nitrogen and oxygen atoms in total. The molecule has 0 bridgehead atoms. The summed E-state index contributed by atoms with van der Waals surface area (Å²) in [6, 6.07) is 21.6. The number of anilines is 2. The molecule has 0 unspecified atom stereocenters. The van der Waals surface area contributed by atoms with Crippen molar-refractivity contribution in [1.29, 1.82) is 0 Å². The highest BCUT2D eigenvalue weighted by Crippen LogP contribution is 2.17. The highest BCUT2D eigenvalue weighted by Gasteiger charge is 2.08. The van der Waals surface area contributed by atoms with Crippen molar-refractivity contribution in [1.82, 2.24) is 0 Å². The molecule has 3 rings (SSSR count). The number of hydrogen-bond donors (Lipinski definition) is 2. The predicted octanol–water partition coefficient (Wildman–Crippen LogP) is 5.05. The van der Waals surface area contributed by atoms with Gasteiger partial charge in [-0.2, -0.15) is 0 Å². The Kier molecular flexibility index (Phi) is 7.65. The van der Waals surface area contributed by atoms with Crippen LogP contribution < -0.4 is 20.1 Å². The molecule has 31 heavy (non-hydrogen) atoms. The lowest BCUT2D eigenvalue weighted by Crippen LogP contribution is -2.16. The number of aryl methyl sites for hydroxylation is 1. The van der Waals surface area contributed by atoms with E-state index in [9.17, 15) is 9.59 Å². The summed E-state index contributed by atoms with van der Waals surface area (Å²) in [6.45, 7) is 4.79. The zero-order valence-corrected chi connectivity index (χ0v) is 17.7. The number of hydrogen-bond acceptors (Lipinski definition) is 4. The van der Waals surface area contributed by atoms with E-state index in [0.29, 0.717) is 23.5 Å². The van der Waals surface area contributed by atoms with Crippen molar-refractivity contribution in [2.75, 3.05) is 23.8 Å². The van der Waals surface area contributed by atoms with E-state index in [0.717, 1.165) is 17.1 Å². The van der Waals surface area contributed by atoms with E-state index >= 15 is 0 Å². The number of rotatable bonds is 9. The van der Waals surface area contributed by atoms with Gasteiger partial charge in [0, 0.05) is 16.9 Å². The molecule has 0 saturated heterocycles. The highest BCUT2D eigenvalue weighted by atomic mass is 16.5. The van der Waals surface area contributed by atoms with E-state index in [4.69, 9.17) is 9.47 Å². The molecule has 0 heterocycles. The van der Waals surface area contributed by atoms with Crippen LogP contribution >= 0.6 is 0 Å². The third kappa shape index (κ3) is 6.89. The van der Waals surface area contributed by atoms with Gasteiger partial charge in [-0.15, -0.1) is 0 Å². The summed E-state index contributed by atoms with van der Waals surface area (Å²) in [5.74, 6) is 1.12. The summed E-state index contributed by atoms with van der Waals surface area (Å²) in [4.78, 5) is 24.5. The minimum atomic E-state index is -0.228. The molecule has 3 aromatic carbocycles. The van der Waals surface area contributed by atoms with E-state index in [1.165, 1.54) is 0 Å². The maximum absolute atomic E-state index is 12.4. The molecule has 0 spiro atoms. The molecule has 0 saturated carbocycles. The third-order valence-electron chi connectivity index (χ3n) is 4.44. The summed E-state index contributed by atoms with van der Waals surface area (Å²) in [5.41, 5.74) is 2.90. The Labute approximate surface area is 182 Å². The van der Waals surface area contributed by atoms with Gasteiger partial charge in [0.15, 0.2) is 0 Å². The van der Waals surface area contributed by atoms with Crippen molar-refractivity contribution in [2.24, 2.45) is 0 Å². The van der Waals surface area contributed by atoms with Crippen molar-refractivity contribution in [2.45, 2.75) is 20.3 Å². The normalized spacial score (nSPS) is 10.3. The van der Waals surface area contributed by atoms with Crippen LogP contribution in [-0.4, -0.2) is 25.0 Å². The van der Waals surface area contributed by atoms with Crippen molar-refractivity contribution in [3.63, 3.8) is 0 Å². The van der Waals surface area contributed by atoms with Gasteiger partial charge in [0.25, 0.3) is 5.91 Å². The second kappa shape index (κ2) is 10.8. The summed E-state index contributed by atoms with van der Waals surface area (Å²) in [7, 11) is 0. The van der Waals surface area contributed by atoms with E-state index in [1.54, 1.807) is 48.5 Å². The highest BCUT2D eigenvalue weighted by molar-refractivity contribution is 6.04. The first kappa shape index (κ1) is 21.9. The maximum Gasteiger partial charge on any atom is 0.255 e. The van der Waals surface area contributed by atoms with Crippen LogP contribution in [0, 0.1) is 6.92 Å². The van der Waals surface area contributed by atoms with E-state index in [1.807, 2.05) is 38.1 Å². The van der Waals surface area contributed by atoms with Crippen LogP contribution in [0.25, 0.3) is 0 Å². The largest absolute Gasteiger partial charge is 0.494 e. The first-order chi connectivity index (χ1) is 15.0. The number of carbonyl (C=O) groups excluding carboxylic acids is 2. The van der Waals surface area contributed by atoms with Crippen molar-refractivity contribution in [3.05, 3.63) is 83.9 Å². The van der Waals surface area contributed by atoms with Gasteiger partial charge in [0.05, 0.1) is 19.6 Å². The number of benzene rings is 3. The minimum absolute atomic E-state index is 0.153. The Morgan fingerprint density at radius 3 is 2.16 bits per heavy atom. The zero-order valence-electron chi connectivity index (χ0n) is 17.7. The first-order valence-corrected chi connectivity index (χ1v) is 10.2. The van der Waals surface area contributed by atoms with Gasteiger partial charge in [-0.1, -0.05) is 12.1 Å². The Hall–Kier alpha value is -3.80. The molecule has 0 radical (unpaired) electrons. The van der Waals surface area contributed by atoms with Crippen LogP contribution in [0.1, 0.15) is 29.3 Å². The number of ether oxygens (including phenoxy) is 2. The van der Waals surface area contributed by atoms with E-state index in [2.05, 4.69) is 10.6 Å². The molecular weight excluding hydrogens is 392 g/mol. The maximum atomic E-state index is 12.4. The van der Waals surface area contributed by atoms with Gasteiger partial charge in [0.2, 0.25) is 5.91 Å². The Morgan fingerprint density at radius 2 is 1.48 bits per heavy atom. The Bertz CT molecular complexity index is 1010. The minimum Gasteiger partial charge on any atom is -0.494 e. The lowest BCUT2D eigenvalue weighted by molar-refractivity contribution is -0.116. The molecule has 2 amide bonds. The molecule has 0 aliphatic rings. The topological polar surface area (TPSA) is 76.7 Å². The first-order valence-electron chi connectivity index (χ1n) is 10.2. The zero-order chi connectivity index (χ0) is 22.1. The summed E-state index contributed by atoms with van der Waals surface area (Å²) < 4.78 is 11.0. The lowest BCUT2D eigenvalue weighted by Gasteiger charge is -2.09. The van der Waals surface area contributed by atoms with Crippen molar-refractivity contribution < 1.29 is 19.1 Å². The van der Waals surface area contributed by atoms with Crippen LogP contribution in [0.5, 0.6) is 11.5 Å². The van der Waals surface area contributed by atoms with Crippen LogP contribution in [0.2, 0.25) is 0 Å². The van der Waals surface area contributed by atoms with Crippen LogP contribution in [0.3, 0.4) is 0 Å². The van der Waals surface area contributed by atoms with Gasteiger partial charge in [-0.05, 0) is 80.1 Å². The van der Waals surface area contributed by atoms with Crippen LogP contribution in [0.15, 0.2) is 72.8 Å². The average molecular weight is 418 g/mol. The second-order valence-electron chi connectivity index (χ2n) is 6.95. The fourth-order valence-electron chi connectivity index (χ4n) is 2.90. The smallest absolute Gasteiger partial charge is 0.255 e. The molecule has 0 aliphatic heterocycles. The lowest BCUT2D eigenvalue weighted by atomic mass is 10.2. The fraction of sp³-hybridized carbons (Fsp3) is 0.200. The van der Waals surface area contributed by atoms with E-state index < -0.39 is 0 Å². The van der Waals surface area contributed by atoms with Crippen LogP contribution in [-0.2, 0) is 4.79 Å². The molecule has 0 atom stereocenters. The fourth-order valence-corrected chi connectivity index (χ4v) is 2.90. The Balaban J connectivity index is 1.46. The van der Waals surface area contributed by atoms with Gasteiger partial charge in [-0.3, -0.25) is 9.59 Å². The van der Waals surface area contributed by atoms with Gasteiger partial charge in [0.1, 0.15) is 11.5 Å². The molecule has 2 N–H and O–H groups in total. The summed E-state index contributed by atoms with van der Waals surface area (Å²) in [6.07, 6.45) is 0.230. The standard InChI is InChI=1S/C25H26N2O4/c1-3-30-22-13-11-21(12-14-22)27-25(29)19-7-9-20(10-8-19)26-24(28)15-16-31-23-6-4-5-18(2)17-23/h4-14,17H,3,15-16H2,1-2H3,(H,26,28)(H,27,29). The van der Waals surface area contributed by atoms with Crippen LogP contribution in [0.4, 0.5) is 11.4 Å². The third-order valence-corrected chi connectivity index (χ3v) is 4.44. The summed E-state index contributed by atoms with van der Waals surface area (Å²) in [5, 5.41) is 5.65. The molecular formula is C25H26N2O4.